The molecular formula is C3H5Cl2O2P. The first-order valence-corrected chi connectivity index (χ1v) is 4.76. The Morgan fingerprint density at radius 1 is 1.75 bits per heavy atom. The van der Waals surface area contributed by atoms with E-state index in [2.05, 4.69) is 0 Å². The third kappa shape index (κ3) is 1.71. The van der Waals surface area contributed by atoms with Gasteiger partial charge in [0.2, 0.25) is 0 Å². The standard InChI is InChI=1S/C3H5Cl2O2P/c4-1-3-2-6-8(5)7-3/h3H,1-2H2. The summed E-state index contributed by atoms with van der Waals surface area (Å²) in [5, 5.41) is 0. The lowest BCUT2D eigenvalue weighted by atomic mass is 10.5. The van der Waals surface area contributed by atoms with E-state index in [1.54, 1.807) is 0 Å². The van der Waals surface area contributed by atoms with Crippen molar-refractivity contribution in [2.45, 2.75) is 6.10 Å². The first-order chi connectivity index (χ1) is 3.83. The largest absolute Gasteiger partial charge is 0.319 e. The van der Waals surface area contributed by atoms with Gasteiger partial charge in [-0.25, -0.2) is 0 Å². The average molecular weight is 175 g/mol. The number of alkyl halides is 1. The smallest absolute Gasteiger partial charge is 0.277 e. The summed E-state index contributed by atoms with van der Waals surface area (Å²) >= 11 is 10.9. The van der Waals surface area contributed by atoms with E-state index in [1.807, 2.05) is 0 Å². The molecule has 0 aromatic carbocycles. The number of hydrogen-bond donors (Lipinski definition) is 0. The van der Waals surface area contributed by atoms with Gasteiger partial charge in [0.15, 0.2) is 0 Å². The monoisotopic (exact) mass is 174 g/mol. The van der Waals surface area contributed by atoms with Gasteiger partial charge in [-0.15, -0.1) is 11.6 Å². The van der Waals surface area contributed by atoms with Crippen molar-refractivity contribution in [3.8, 4) is 0 Å². The van der Waals surface area contributed by atoms with Crippen molar-refractivity contribution in [1.29, 1.82) is 0 Å². The SMILES string of the molecule is ClCC1COP(Cl)O1. The molecule has 0 aliphatic carbocycles. The Bertz CT molecular complexity index is 81.7. The molecule has 1 fully saturated rings. The zero-order valence-corrected chi connectivity index (χ0v) is 6.42. The highest BCUT2D eigenvalue weighted by molar-refractivity contribution is 7.76. The van der Waals surface area contributed by atoms with Crippen LogP contribution in [0.5, 0.6) is 0 Å². The molecule has 2 nitrogen and oxygen atoms in total. The number of halogens is 2. The summed E-state index contributed by atoms with van der Waals surface area (Å²) in [4.78, 5) is 0. The van der Waals surface area contributed by atoms with Crippen LogP contribution < -0.4 is 0 Å². The Labute approximate surface area is 58.8 Å². The van der Waals surface area contributed by atoms with Crippen LogP contribution in [0.25, 0.3) is 0 Å². The minimum absolute atomic E-state index is 0.0141. The maximum atomic E-state index is 5.45. The maximum Gasteiger partial charge on any atom is 0.277 e. The molecule has 1 saturated heterocycles. The van der Waals surface area contributed by atoms with E-state index >= 15 is 0 Å². The van der Waals surface area contributed by atoms with E-state index < -0.39 is 7.73 Å². The molecule has 0 aromatic heterocycles. The number of rotatable bonds is 1. The van der Waals surface area contributed by atoms with Gasteiger partial charge >= 0.3 is 0 Å². The molecule has 2 atom stereocenters. The van der Waals surface area contributed by atoms with Crippen LogP contribution in [0.15, 0.2) is 0 Å². The Kier molecular flexibility index (Phi) is 2.81. The van der Waals surface area contributed by atoms with Crippen molar-refractivity contribution in [2.24, 2.45) is 0 Å². The van der Waals surface area contributed by atoms with Gasteiger partial charge in [0, 0.05) is 0 Å². The Balaban J connectivity index is 2.22. The zero-order valence-electron chi connectivity index (χ0n) is 4.01. The minimum Gasteiger partial charge on any atom is -0.319 e. The summed E-state index contributed by atoms with van der Waals surface area (Å²) in [7, 11) is -1.12. The topological polar surface area (TPSA) is 18.5 Å². The summed E-state index contributed by atoms with van der Waals surface area (Å²) in [5.41, 5.74) is 0. The Morgan fingerprint density at radius 3 is 2.75 bits per heavy atom. The van der Waals surface area contributed by atoms with Crippen molar-refractivity contribution in [3.63, 3.8) is 0 Å². The first kappa shape index (κ1) is 7.04. The normalized spacial score (nSPS) is 38.2. The third-order valence-electron chi connectivity index (χ3n) is 0.766. The van der Waals surface area contributed by atoms with Gasteiger partial charge in [0.25, 0.3) is 7.73 Å². The minimum atomic E-state index is -1.12. The van der Waals surface area contributed by atoms with Gasteiger partial charge in [-0.3, -0.25) is 0 Å². The van der Waals surface area contributed by atoms with Crippen molar-refractivity contribution in [2.75, 3.05) is 12.5 Å². The highest BCUT2D eigenvalue weighted by Crippen LogP contribution is 2.49. The predicted octanol–water partition coefficient (Wildman–Crippen LogP) is 2.11. The van der Waals surface area contributed by atoms with Crippen LogP contribution in [0.3, 0.4) is 0 Å². The second-order valence-electron chi connectivity index (χ2n) is 1.39. The summed E-state index contributed by atoms with van der Waals surface area (Å²) < 4.78 is 9.87. The second kappa shape index (κ2) is 3.19. The molecule has 1 aliphatic rings. The lowest BCUT2D eigenvalue weighted by Gasteiger charge is -1.98. The van der Waals surface area contributed by atoms with Gasteiger partial charge in [-0.2, -0.15) is 0 Å². The molecule has 0 bridgehead atoms. The van der Waals surface area contributed by atoms with E-state index in [0.717, 1.165) is 0 Å². The van der Waals surface area contributed by atoms with Crippen molar-refractivity contribution in [1.82, 2.24) is 0 Å². The summed E-state index contributed by atoms with van der Waals surface area (Å²) in [6, 6.07) is 0. The molecule has 0 N–H and O–H groups in total. The fourth-order valence-electron chi connectivity index (χ4n) is 0.393. The maximum absolute atomic E-state index is 5.45. The Morgan fingerprint density at radius 2 is 2.50 bits per heavy atom. The van der Waals surface area contributed by atoms with Gasteiger partial charge in [0.1, 0.15) is 6.10 Å². The van der Waals surface area contributed by atoms with Gasteiger partial charge in [-0.05, 0) is 11.2 Å². The molecule has 0 spiro atoms. The summed E-state index contributed by atoms with van der Waals surface area (Å²) in [5.74, 6) is 0.464. The van der Waals surface area contributed by atoms with Gasteiger partial charge in [0.05, 0.1) is 12.5 Å². The van der Waals surface area contributed by atoms with E-state index in [-0.39, 0.29) is 6.10 Å². The molecule has 0 amide bonds. The van der Waals surface area contributed by atoms with Gasteiger partial charge < -0.3 is 9.05 Å². The fraction of sp³-hybridized carbons (Fsp3) is 1.00. The highest BCUT2D eigenvalue weighted by atomic mass is 35.7. The fourth-order valence-corrected chi connectivity index (χ4v) is 1.85. The first-order valence-electron chi connectivity index (χ1n) is 2.14. The van der Waals surface area contributed by atoms with Crippen LogP contribution in [0.1, 0.15) is 0 Å². The van der Waals surface area contributed by atoms with Crippen LogP contribution >= 0.6 is 30.6 Å². The van der Waals surface area contributed by atoms with Crippen LogP contribution in [-0.4, -0.2) is 18.6 Å². The highest BCUT2D eigenvalue weighted by Gasteiger charge is 2.23. The molecule has 2 unspecified atom stereocenters. The molecule has 1 aliphatic heterocycles. The van der Waals surface area contributed by atoms with E-state index in [9.17, 15) is 0 Å². The van der Waals surface area contributed by atoms with Crippen LogP contribution in [0.4, 0.5) is 0 Å². The second-order valence-corrected chi connectivity index (χ2v) is 3.42. The van der Waals surface area contributed by atoms with E-state index in [0.29, 0.717) is 12.5 Å². The summed E-state index contributed by atoms with van der Waals surface area (Å²) in [6.45, 7) is 0.540. The molecule has 48 valence electrons. The van der Waals surface area contributed by atoms with Crippen molar-refractivity contribution < 1.29 is 9.05 Å². The zero-order chi connectivity index (χ0) is 5.98. The molecule has 0 aromatic rings. The molecule has 1 rings (SSSR count). The third-order valence-corrected chi connectivity index (χ3v) is 2.46. The van der Waals surface area contributed by atoms with E-state index in [1.165, 1.54) is 0 Å². The average Bonchev–Trinajstić information content (AvgIpc) is 2.14. The molecule has 5 heteroatoms. The van der Waals surface area contributed by atoms with Crippen molar-refractivity contribution in [3.05, 3.63) is 0 Å². The lowest BCUT2D eigenvalue weighted by Crippen LogP contribution is -2.09. The van der Waals surface area contributed by atoms with Crippen LogP contribution in [-0.2, 0) is 9.05 Å². The molecular weight excluding hydrogens is 170 g/mol. The van der Waals surface area contributed by atoms with Crippen LogP contribution in [0.2, 0.25) is 0 Å². The Hall–Kier alpha value is 0.930. The quantitative estimate of drug-likeness (QED) is 0.448. The number of hydrogen-bond acceptors (Lipinski definition) is 2. The van der Waals surface area contributed by atoms with Gasteiger partial charge in [-0.1, -0.05) is 0 Å². The van der Waals surface area contributed by atoms with Crippen molar-refractivity contribution >= 4 is 30.6 Å². The van der Waals surface area contributed by atoms with E-state index in [4.69, 9.17) is 31.9 Å². The summed E-state index contributed by atoms with van der Waals surface area (Å²) in [6.07, 6.45) is 0.0141. The molecule has 8 heavy (non-hydrogen) atoms. The lowest BCUT2D eigenvalue weighted by molar-refractivity contribution is 0.266. The predicted molar refractivity (Wildman–Crippen MR) is 34.3 cm³/mol. The molecule has 0 saturated carbocycles. The molecule has 0 radical (unpaired) electrons. The molecule has 1 heterocycles. The van der Waals surface area contributed by atoms with Crippen LogP contribution in [0, 0.1) is 0 Å².